The van der Waals surface area contributed by atoms with Crippen molar-refractivity contribution in [2.75, 3.05) is 32.8 Å². The minimum atomic E-state index is 0.462. The van der Waals surface area contributed by atoms with E-state index in [0.717, 1.165) is 6.61 Å². The summed E-state index contributed by atoms with van der Waals surface area (Å²) in [4.78, 5) is 2.71. The van der Waals surface area contributed by atoms with Gasteiger partial charge in [-0.05, 0) is 58.0 Å². The fourth-order valence-electron chi connectivity index (χ4n) is 4.16. The molecule has 2 saturated heterocycles. The van der Waals surface area contributed by atoms with Crippen LogP contribution in [0.15, 0.2) is 0 Å². The first-order chi connectivity index (χ1) is 9.36. The van der Waals surface area contributed by atoms with Crippen molar-refractivity contribution in [1.82, 2.24) is 10.2 Å². The van der Waals surface area contributed by atoms with E-state index in [1.165, 1.54) is 84.0 Å². The Morgan fingerprint density at radius 2 is 2.00 bits per heavy atom. The number of nitrogens with zero attached hydrogens (tertiary/aromatic N) is 1. The first-order valence-corrected chi connectivity index (χ1v) is 8.45. The fraction of sp³-hybridized carbons (Fsp3) is 1.00. The zero-order valence-corrected chi connectivity index (χ0v) is 12.3. The molecule has 0 aromatic rings. The van der Waals surface area contributed by atoms with Gasteiger partial charge >= 0.3 is 0 Å². The van der Waals surface area contributed by atoms with E-state index in [9.17, 15) is 0 Å². The first kappa shape index (κ1) is 13.8. The minimum Gasteiger partial charge on any atom is -0.378 e. The Morgan fingerprint density at radius 1 is 1.11 bits per heavy atom. The van der Waals surface area contributed by atoms with E-state index in [1.807, 2.05) is 0 Å². The molecule has 3 rings (SSSR count). The van der Waals surface area contributed by atoms with Crippen molar-refractivity contribution in [1.29, 1.82) is 0 Å². The monoisotopic (exact) mass is 266 g/mol. The van der Waals surface area contributed by atoms with Gasteiger partial charge in [-0.1, -0.05) is 12.8 Å². The molecule has 0 aromatic heterocycles. The lowest BCUT2D eigenvalue weighted by molar-refractivity contribution is 0.00464. The van der Waals surface area contributed by atoms with Gasteiger partial charge in [0.1, 0.15) is 0 Å². The molecule has 3 fully saturated rings. The largest absolute Gasteiger partial charge is 0.378 e. The third-order valence-electron chi connectivity index (χ3n) is 5.28. The molecule has 19 heavy (non-hydrogen) atoms. The first-order valence-electron chi connectivity index (χ1n) is 8.45. The van der Waals surface area contributed by atoms with Crippen LogP contribution in [0.5, 0.6) is 0 Å². The van der Waals surface area contributed by atoms with Gasteiger partial charge in [0.05, 0.1) is 6.10 Å². The minimum absolute atomic E-state index is 0.462. The lowest BCUT2D eigenvalue weighted by Gasteiger charge is -2.34. The van der Waals surface area contributed by atoms with E-state index >= 15 is 0 Å². The van der Waals surface area contributed by atoms with Gasteiger partial charge in [0.2, 0.25) is 0 Å². The number of hydrogen-bond donors (Lipinski definition) is 1. The summed E-state index contributed by atoms with van der Waals surface area (Å²) in [7, 11) is 0. The molecule has 0 bridgehead atoms. The number of hydrogen-bond acceptors (Lipinski definition) is 3. The van der Waals surface area contributed by atoms with E-state index in [0.29, 0.717) is 11.6 Å². The predicted octanol–water partition coefficient (Wildman–Crippen LogP) is 2.55. The normalized spacial score (nSPS) is 32.5. The lowest BCUT2D eigenvalue weighted by Crippen LogP contribution is -2.49. The van der Waals surface area contributed by atoms with Gasteiger partial charge in [-0.15, -0.1) is 0 Å². The van der Waals surface area contributed by atoms with Crippen LogP contribution in [-0.4, -0.2) is 49.3 Å². The summed E-state index contributed by atoms with van der Waals surface area (Å²) in [5, 5.41) is 3.85. The summed E-state index contributed by atoms with van der Waals surface area (Å²) in [5.41, 5.74) is 0.462. The van der Waals surface area contributed by atoms with E-state index < -0.39 is 0 Å². The van der Waals surface area contributed by atoms with Crippen molar-refractivity contribution in [3.8, 4) is 0 Å². The molecule has 2 heterocycles. The molecule has 3 nitrogen and oxygen atoms in total. The Bertz CT molecular complexity index is 270. The van der Waals surface area contributed by atoms with Crippen LogP contribution >= 0.6 is 0 Å². The zero-order chi connectivity index (χ0) is 13.0. The molecule has 0 aromatic carbocycles. The second-order valence-electron chi connectivity index (χ2n) is 6.82. The Labute approximate surface area is 118 Å². The molecular formula is C16H30N2O. The molecule has 1 unspecified atom stereocenters. The van der Waals surface area contributed by atoms with Crippen molar-refractivity contribution in [3.63, 3.8) is 0 Å². The molecule has 1 N–H and O–H groups in total. The van der Waals surface area contributed by atoms with E-state index in [-0.39, 0.29) is 0 Å². The van der Waals surface area contributed by atoms with Crippen LogP contribution in [0.2, 0.25) is 0 Å². The summed E-state index contributed by atoms with van der Waals surface area (Å²) >= 11 is 0. The molecular weight excluding hydrogens is 236 g/mol. The molecule has 2 aliphatic heterocycles. The van der Waals surface area contributed by atoms with Crippen molar-refractivity contribution >= 4 is 0 Å². The summed E-state index contributed by atoms with van der Waals surface area (Å²) in [6.07, 6.45) is 12.7. The summed E-state index contributed by atoms with van der Waals surface area (Å²) in [6, 6.07) is 0. The third kappa shape index (κ3) is 3.71. The lowest BCUT2D eigenvalue weighted by atomic mass is 9.97. The Hall–Kier alpha value is -0.120. The van der Waals surface area contributed by atoms with E-state index in [4.69, 9.17) is 4.74 Å². The van der Waals surface area contributed by atoms with Gasteiger partial charge in [-0.3, -0.25) is 0 Å². The number of nitrogens with one attached hydrogen (secondary N) is 1. The smallest absolute Gasteiger partial charge is 0.0587 e. The van der Waals surface area contributed by atoms with Gasteiger partial charge in [0.15, 0.2) is 0 Å². The standard InChI is InChI=1S/C16H30N2O/c1-4-13-19-15(6-1)7-12-18-11-5-10-17-16(14-18)8-2-3-9-16/h15,17H,1-14H2. The maximum atomic E-state index is 5.87. The molecule has 0 radical (unpaired) electrons. The van der Waals surface area contributed by atoms with Crippen LogP contribution in [0.4, 0.5) is 0 Å². The van der Waals surface area contributed by atoms with Gasteiger partial charge in [-0.25, -0.2) is 0 Å². The second-order valence-corrected chi connectivity index (χ2v) is 6.82. The molecule has 1 saturated carbocycles. The topological polar surface area (TPSA) is 24.5 Å². The average molecular weight is 266 g/mol. The SMILES string of the molecule is C1CCC(CCN2CCCNC3(CCCC3)C2)OC1. The van der Waals surface area contributed by atoms with Gasteiger partial charge in [0, 0.05) is 25.2 Å². The van der Waals surface area contributed by atoms with Crippen molar-refractivity contribution in [3.05, 3.63) is 0 Å². The van der Waals surface area contributed by atoms with Crippen LogP contribution in [0.25, 0.3) is 0 Å². The summed E-state index contributed by atoms with van der Waals surface area (Å²) in [5.74, 6) is 0. The molecule has 3 aliphatic rings. The van der Waals surface area contributed by atoms with Crippen molar-refractivity contribution < 1.29 is 4.74 Å². The van der Waals surface area contributed by atoms with Gasteiger partial charge in [0.25, 0.3) is 0 Å². The van der Waals surface area contributed by atoms with Gasteiger partial charge in [-0.2, -0.15) is 0 Å². The van der Waals surface area contributed by atoms with Gasteiger partial charge < -0.3 is 15.0 Å². The maximum absolute atomic E-state index is 5.87. The van der Waals surface area contributed by atoms with Crippen LogP contribution < -0.4 is 5.32 Å². The maximum Gasteiger partial charge on any atom is 0.0587 e. The quantitative estimate of drug-likeness (QED) is 0.849. The molecule has 1 atom stereocenters. The average Bonchev–Trinajstić information content (AvgIpc) is 2.80. The molecule has 3 heteroatoms. The van der Waals surface area contributed by atoms with Crippen LogP contribution in [0, 0.1) is 0 Å². The van der Waals surface area contributed by atoms with Crippen LogP contribution in [0.3, 0.4) is 0 Å². The molecule has 110 valence electrons. The van der Waals surface area contributed by atoms with Crippen LogP contribution in [-0.2, 0) is 4.74 Å². The molecule has 0 amide bonds. The molecule has 1 aliphatic carbocycles. The zero-order valence-electron chi connectivity index (χ0n) is 12.3. The van der Waals surface area contributed by atoms with Crippen LogP contribution in [0.1, 0.15) is 57.8 Å². The highest BCUT2D eigenvalue weighted by Gasteiger charge is 2.36. The second kappa shape index (κ2) is 6.55. The Balaban J connectivity index is 1.48. The Kier molecular flexibility index (Phi) is 4.78. The number of ether oxygens (including phenoxy) is 1. The van der Waals surface area contributed by atoms with E-state index in [2.05, 4.69) is 10.2 Å². The number of rotatable bonds is 3. The van der Waals surface area contributed by atoms with Crippen molar-refractivity contribution in [2.24, 2.45) is 0 Å². The van der Waals surface area contributed by atoms with Crippen molar-refractivity contribution in [2.45, 2.75) is 69.4 Å². The fourth-order valence-corrected chi connectivity index (χ4v) is 4.16. The van der Waals surface area contributed by atoms with E-state index in [1.54, 1.807) is 0 Å². The highest BCUT2D eigenvalue weighted by atomic mass is 16.5. The third-order valence-corrected chi connectivity index (χ3v) is 5.28. The Morgan fingerprint density at radius 3 is 2.79 bits per heavy atom. The highest BCUT2D eigenvalue weighted by molar-refractivity contribution is 4.96. The summed E-state index contributed by atoms with van der Waals surface area (Å²) < 4.78 is 5.87. The summed E-state index contributed by atoms with van der Waals surface area (Å²) in [6.45, 7) is 6.02. The molecule has 1 spiro atoms. The highest BCUT2D eigenvalue weighted by Crippen LogP contribution is 2.31. The predicted molar refractivity (Wildman–Crippen MR) is 78.5 cm³/mol.